The number of halogens is 1. The number of nitrogens with two attached hydrogens (primary N) is 1. The van der Waals surface area contributed by atoms with Gasteiger partial charge in [0.25, 0.3) is 0 Å². The van der Waals surface area contributed by atoms with Crippen molar-refractivity contribution in [2.75, 3.05) is 12.3 Å². The molecule has 8 nitrogen and oxygen atoms in total. The van der Waals surface area contributed by atoms with E-state index in [1.54, 1.807) is 6.07 Å². The van der Waals surface area contributed by atoms with Crippen LogP contribution in [0.3, 0.4) is 0 Å². The van der Waals surface area contributed by atoms with Crippen molar-refractivity contribution in [2.45, 2.75) is 49.8 Å². The van der Waals surface area contributed by atoms with Crippen molar-refractivity contribution in [3.8, 4) is 0 Å². The number of nitrogens with zero attached hydrogens (tertiary/aromatic N) is 4. The molecule has 0 amide bonds. The fourth-order valence-electron chi connectivity index (χ4n) is 6.01. The number of aromatic nitrogens is 1. The molecule has 172 valence electrons. The summed E-state index contributed by atoms with van der Waals surface area (Å²) >= 11 is 6.34. The topological polar surface area (TPSA) is 117 Å². The van der Waals surface area contributed by atoms with Crippen molar-refractivity contribution < 1.29 is 14.9 Å². The van der Waals surface area contributed by atoms with Crippen LogP contribution in [0.5, 0.6) is 0 Å². The Hall–Kier alpha value is -2.52. The molecule has 4 N–H and O–H groups in total. The Morgan fingerprint density at radius 2 is 2.03 bits per heavy atom. The van der Waals surface area contributed by atoms with Crippen molar-refractivity contribution >= 4 is 39.8 Å². The number of anilines is 1. The summed E-state index contributed by atoms with van der Waals surface area (Å²) in [5.74, 6) is 0.303. The molecule has 1 aromatic carbocycles. The molecule has 1 spiro atoms. The van der Waals surface area contributed by atoms with Gasteiger partial charge in [-0.3, -0.25) is 0 Å². The van der Waals surface area contributed by atoms with Crippen LogP contribution in [-0.2, 0) is 4.74 Å². The quantitative estimate of drug-likeness (QED) is 0.625. The summed E-state index contributed by atoms with van der Waals surface area (Å²) < 4.78 is 6.20. The van der Waals surface area contributed by atoms with Gasteiger partial charge < -0.3 is 25.6 Å². The molecule has 1 saturated heterocycles. The molecule has 7 atom stereocenters. The first-order valence-corrected chi connectivity index (χ1v) is 11.6. The van der Waals surface area contributed by atoms with Crippen LogP contribution in [0.2, 0.25) is 0 Å². The molecule has 7 unspecified atom stereocenters. The van der Waals surface area contributed by atoms with Crippen LogP contribution in [-0.4, -0.2) is 62.1 Å². The molecule has 1 aromatic heterocycles. The summed E-state index contributed by atoms with van der Waals surface area (Å²) in [6.45, 7) is 2.36. The van der Waals surface area contributed by atoms with Gasteiger partial charge in [0.05, 0.1) is 36.3 Å². The van der Waals surface area contributed by atoms with Crippen LogP contribution < -0.4 is 5.73 Å². The van der Waals surface area contributed by atoms with E-state index in [0.717, 1.165) is 16.5 Å². The second-order valence-corrected chi connectivity index (χ2v) is 10.2. The summed E-state index contributed by atoms with van der Waals surface area (Å²) in [5.41, 5.74) is 6.45. The summed E-state index contributed by atoms with van der Waals surface area (Å²) in [7, 11) is 0. The highest BCUT2D eigenvalue weighted by atomic mass is 35.5. The molecule has 2 aromatic rings. The molecule has 9 heteroatoms. The standard InChI is InChI=1S/C24H26ClN5O3/c1-23-15(22(25)27-12-28-23)6-7-30(23)17-9-24(21(32)20(17)31)10-18(33-11-24)14-3-2-13-4-5-19(26)29-16(13)8-14/h2-8,12,15,17-18,20-21,31-32H,9-11H2,1H3,(H2,26,29). The van der Waals surface area contributed by atoms with E-state index in [4.69, 9.17) is 22.1 Å². The third kappa shape index (κ3) is 3.05. The van der Waals surface area contributed by atoms with Gasteiger partial charge in [0.15, 0.2) is 0 Å². The monoisotopic (exact) mass is 467 g/mol. The minimum Gasteiger partial charge on any atom is -0.390 e. The molecule has 3 aliphatic heterocycles. The molecule has 1 saturated carbocycles. The summed E-state index contributed by atoms with van der Waals surface area (Å²) in [6, 6.07) is 9.46. The SMILES string of the molecule is CC12N=CN=C(Cl)C1C=CN2C1CC2(COC(c3ccc4ccc(N)nc4c3)C2)C(O)C1O. The second kappa shape index (κ2) is 7.24. The van der Waals surface area contributed by atoms with Crippen LogP contribution in [0.1, 0.15) is 31.4 Å². The number of ether oxygens (including phenoxy) is 1. The van der Waals surface area contributed by atoms with Crippen molar-refractivity contribution in [3.05, 3.63) is 48.2 Å². The van der Waals surface area contributed by atoms with Gasteiger partial charge in [0.2, 0.25) is 0 Å². The maximum absolute atomic E-state index is 11.2. The Labute approximate surface area is 196 Å². The maximum Gasteiger partial charge on any atom is 0.143 e. The number of hydrogen-bond donors (Lipinski definition) is 3. The van der Waals surface area contributed by atoms with Gasteiger partial charge >= 0.3 is 0 Å². The molecule has 1 aliphatic carbocycles. The molecular formula is C24H26ClN5O3. The van der Waals surface area contributed by atoms with Gasteiger partial charge in [0.1, 0.15) is 29.1 Å². The minimum absolute atomic E-state index is 0.171. The number of hydrogen-bond acceptors (Lipinski definition) is 8. The summed E-state index contributed by atoms with van der Waals surface area (Å²) in [4.78, 5) is 15.2. The highest BCUT2D eigenvalue weighted by molar-refractivity contribution is 6.67. The third-order valence-electron chi connectivity index (χ3n) is 7.90. The van der Waals surface area contributed by atoms with E-state index in [1.165, 1.54) is 6.34 Å². The molecule has 6 rings (SSSR count). The van der Waals surface area contributed by atoms with Crippen molar-refractivity contribution in [2.24, 2.45) is 21.3 Å². The number of rotatable bonds is 2. The van der Waals surface area contributed by atoms with Gasteiger partial charge in [-0.25, -0.2) is 15.0 Å². The van der Waals surface area contributed by atoms with E-state index in [2.05, 4.69) is 15.0 Å². The Kier molecular flexibility index (Phi) is 4.61. The van der Waals surface area contributed by atoms with E-state index in [9.17, 15) is 10.2 Å². The molecule has 0 radical (unpaired) electrons. The predicted octanol–water partition coefficient (Wildman–Crippen LogP) is 2.60. The first-order chi connectivity index (χ1) is 15.8. The lowest BCUT2D eigenvalue weighted by Gasteiger charge is -2.42. The van der Waals surface area contributed by atoms with E-state index in [0.29, 0.717) is 30.4 Å². The molecule has 33 heavy (non-hydrogen) atoms. The number of pyridine rings is 1. The molecule has 0 bridgehead atoms. The Bertz CT molecular complexity index is 1220. The normalized spacial score (nSPS) is 39.6. The minimum atomic E-state index is -0.932. The molecule has 4 aliphatic rings. The fourth-order valence-corrected chi connectivity index (χ4v) is 6.34. The average molecular weight is 468 g/mol. The van der Waals surface area contributed by atoms with Gasteiger partial charge in [-0.1, -0.05) is 29.8 Å². The fraction of sp³-hybridized carbons (Fsp3) is 0.458. The van der Waals surface area contributed by atoms with Crippen molar-refractivity contribution in [1.82, 2.24) is 9.88 Å². The van der Waals surface area contributed by atoms with E-state index >= 15 is 0 Å². The Morgan fingerprint density at radius 3 is 2.88 bits per heavy atom. The first-order valence-electron chi connectivity index (χ1n) is 11.2. The Balaban J connectivity index is 1.26. The number of aliphatic imine (C=N–C) groups is 2. The second-order valence-electron chi connectivity index (χ2n) is 9.78. The lowest BCUT2D eigenvalue weighted by atomic mass is 9.80. The van der Waals surface area contributed by atoms with Gasteiger partial charge in [0, 0.05) is 10.8 Å². The lowest BCUT2D eigenvalue weighted by Crippen LogP contribution is -2.53. The number of fused-ring (bicyclic) bond motifs is 2. The highest BCUT2D eigenvalue weighted by Crippen LogP contribution is 2.54. The molecular weight excluding hydrogens is 442 g/mol. The molecule has 4 heterocycles. The predicted molar refractivity (Wildman–Crippen MR) is 127 cm³/mol. The smallest absolute Gasteiger partial charge is 0.143 e. The maximum atomic E-state index is 11.2. The number of nitrogen functional groups attached to an aromatic ring is 1. The van der Waals surface area contributed by atoms with Crippen LogP contribution >= 0.6 is 11.6 Å². The summed E-state index contributed by atoms with van der Waals surface area (Å²) in [5, 5.41) is 23.8. The van der Waals surface area contributed by atoms with Crippen LogP contribution in [0.4, 0.5) is 5.82 Å². The lowest BCUT2D eigenvalue weighted by molar-refractivity contribution is -0.0417. The third-order valence-corrected chi connectivity index (χ3v) is 8.23. The zero-order valence-corrected chi connectivity index (χ0v) is 18.9. The zero-order valence-electron chi connectivity index (χ0n) is 18.2. The largest absolute Gasteiger partial charge is 0.390 e. The van der Waals surface area contributed by atoms with Gasteiger partial charge in [-0.05, 0) is 49.7 Å². The van der Waals surface area contributed by atoms with Crippen molar-refractivity contribution in [1.29, 1.82) is 0 Å². The zero-order chi connectivity index (χ0) is 23.0. The van der Waals surface area contributed by atoms with Crippen LogP contribution in [0, 0.1) is 11.3 Å². The van der Waals surface area contributed by atoms with Crippen LogP contribution in [0.15, 0.2) is 52.6 Å². The van der Waals surface area contributed by atoms with Gasteiger partial charge in [-0.2, -0.15) is 0 Å². The van der Waals surface area contributed by atoms with E-state index in [1.807, 2.05) is 48.4 Å². The van der Waals surface area contributed by atoms with E-state index < -0.39 is 23.3 Å². The molecule has 2 fully saturated rings. The first kappa shape index (κ1) is 21.0. The number of aliphatic hydroxyl groups is 2. The Morgan fingerprint density at radius 1 is 1.21 bits per heavy atom. The highest BCUT2D eigenvalue weighted by Gasteiger charge is 2.60. The van der Waals surface area contributed by atoms with Crippen LogP contribution in [0.25, 0.3) is 10.9 Å². The van der Waals surface area contributed by atoms with Gasteiger partial charge in [-0.15, -0.1) is 0 Å². The van der Waals surface area contributed by atoms with Crippen molar-refractivity contribution in [3.63, 3.8) is 0 Å². The number of benzene rings is 1. The number of aliphatic hydroxyl groups excluding tert-OH is 2. The van der Waals surface area contributed by atoms with E-state index in [-0.39, 0.29) is 18.1 Å². The average Bonchev–Trinajstić information content (AvgIpc) is 3.45. The summed E-state index contributed by atoms with van der Waals surface area (Å²) in [6.07, 6.45) is 4.53.